The molecule has 2 atom stereocenters. The molecule has 71 heavy (non-hydrogen) atoms. The van der Waals surface area contributed by atoms with E-state index in [0.29, 0.717) is 74.1 Å². The van der Waals surface area contributed by atoms with Crippen LogP contribution < -0.4 is 29.7 Å². The maximum atomic E-state index is 14.4. The number of amides is 1. The molecule has 3 aromatic carbocycles. The number of piperidine rings is 1. The number of anilines is 3. The number of nitrogens with one attached hydrogen (secondary N) is 4. The van der Waals surface area contributed by atoms with Crippen LogP contribution in [0.2, 0.25) is 0 Å². The summed E-state index contributed by atoms with van der Waals surface area (Å²) in [5.74, 6) is 0.387. The van der Waals surface area contributed by atoms with Crippen LogP contribution in [-0.2, 0) is 14.8 Å². The molecule has 2 aliphatic carbocycles. The number of carbonyl (C=O) groups is 1. The number of sulfonamides is 1. The van der Waals surface area contributed by atoms with Crippen molar-refractivity contribution in [3.8, 4) is 17.2 Å². The second kappa shape index (κ2) is 19.6. The number of nitro groups is 1. The maximum absolute atomic E-state index is 14.4. The van der Waals surface area contributed by atoms with Crippen molar-refractivity contribution in [1.82, 2.24) is 19.6 Å². The molecule has 1 spiro atoms. The van der Waals surface area contributed by atoms with E-state index in [4.69, 9.17) is 19.2 Å². The number of ether oxygens (including phenoxy) is 3. The number of aliphatic hydroxyl groups is 1. The van der Waals surface area contributed by atoms with E-state index in [1.807, 2.05) is 19.1 Å². The van der Waals surface area contributed by atoms with Crippen molar-refractivity contribution in [2.45, 2.75) is 120 Å². The van der Waals surface area contributed by atoms with Crippen LogP contribution in [0.1, 0.15) is 118 Å². The summed E-state index contributed by atoms with van der Waals surface area (Å²) in [6, 6.07) is 20.7. The minimum absolute atomic E-state index is 0.00556. The van der Waals surface area contributed by atoms with E-state index in [2.05, 4.69) is 68.3 Å². The van der Waals surface area contributed by atoms with Crippen molar-refractivity contribution in [3.63, 3.8) is 0 Å². The van der Waals surface area contributed by atoms with E-state index < -0.39 is 37.0 Å². The third-order valence-electron chi connectivity index (χ3n) is 16.0. The van der Waals surface area contributed by atoms with Crippen LogP contribution in [0, 0.1) is 21.4 Å². The number of carbonyl (C=O) groups excluding carboxylic acids is 1. The predicted molar refractivity (Wildman–Crippen MR) is 272 cm³/mol. The van der Waals surface area contributed by atoms with Gasteiger partial charge in [-0.25, -0.2) is 18.1 Å². The standard InChI is InChI=1S/C53H66N8O9S/c1-33(2)39-8-5-6-9-40(39)43-10-7-22-60(43)37-30-53(31-37)18-23-59(24-19-53)36-11-12-41(45(27-36)70-47-26-35-15-20-54-49(35)57-50(47)55-21-25-68-4)51(62)58-71(66,67)38-28-44(61(64)65)48-46(29-38)69-32-42(56-48)34-13-16-52(3,63)17-14-34/h5-6,8-9,11-12,15,20,26-29,33-34,37,42-43,56,63H,7,10,13-14,16-19,21-25,30-32H2,1-4H3,(H,58,62)(H2,54,55,57)/t34-,42-,43+,52-/m1/s1. The SMILES string of the molecule is COCCNc1nc2[nH]ccc2cc1Oc1cc(N2CCC3(CC2)CC(N2CCC[C@H]2c2ccccc2C(C)C)C3)ccc1C(=O)NS(=O)(=O)c1cc2c(c([N+](=O)[O-])c1)N[C@@H]([C@H]1CC[C@](C)(O)CC1)CO2. The van der Waals surface area contributed by atoms with E-state index in [1.54, 1.807) is 31.5 Å². The lowest BCUT2D eigenvalue weighted by Gasteiger charge is -2.56. The van der Waals surface area contributed by atoms with Crippen LogP contribution in [0.5, 0.6) is 17.2 Å². The number of benzene rings is 3. The number of pyridine rings is 1. The van der Waals surface area contributed by atoms with Crippen molar-refractivity contribution in [2.75, 3.05) is 62.0 Å². The number of hydrogen-bond acceptors (Lipinski definition) is 14. The van der Waals surface area contributed by atoms with Gasteiger partial charge < -0.3 is 39.8 Å². The normalized spacial score (nSPS) is 23.5. The molecule has 3 aliphatic heterocycles. The largest absolute Gasteiger partial charge is 0.489 e. The number of fused-ring (bicyclic) bond motifs is 2. The average molecular weight is 991 g/mol. The quantitative estimate of drug-likeness (QED) is 0.0376. The van der Waals surface area contributed by atoms with Crippen LogP contribution in [-0.4, -0.2) is 103 Å². The molecule has 18 heteroatoms. The van der Waals surface area contributed by atoms with Crippen molar-refractivity contribution in [2.24, 2.45) is 11.3 Å². The summed E-state index contributed by atoms with van der Waals surface area (Å²) in [6.07, 6.45) is 11.2. The Morgan fingerprint density at radius 3 is 2.54 bits per heavy atom. The van der Waals surface area contributed by atoms with Crippen LogP contribution in [0.25, 0.3) is 11.0 Å². The zero-order valence-corrected chi connectivity index (χ0v) is 41.9. The molecule has 2 aromatic heterocycles. The zero-order chi connectivity index (χ0) is 49.7. The van der Waals surface area contributed by atoms with E-state index in [1.165, 1.54) is 42.9 Å². The summed E-state index contributed by atoms with van der Waals surface area (Å²) in [4.78, 5) is 38.6. The van der Waals surface area contributed by atoms with Gasteiger partial charge in [0.1, 0.15) is 18.0 Å². The minimum Gasteiger partial charge on any atom is -0.489 e. The fourth-order valence-electron chi connectivity index (χ4n) is 12.0. The summed E-state index contributed by atoms with van der Waals surface area (Å²) in [6.45, 7) is 10.1. The molecule has 2 saturated carbocycles. The first kappa shape index (κ1) is 48.7. The Morgan fingerprint density at radius 2 is 1.79 bits per heavy atom. The van der Waals surface area contributed by atoms with Crippen LogP contribution >= 0.6 is 0 Å². The highest BCUT2D eigenvalue weighted by Crippen LogP contribution is 2.54. The molecule has 1 amide bonds. The molecule has 4 fully saturated rings. The number of aromatic nitrogens is 2. The highest BCUT2D eigenvalue weighted by molar-refractivity contribution is 7.90. The van der Waals surface area contributed by atoms with Crippen LogP contribution in [0.3, 0.4) is 0 Å². The summed E-state index contributed by atoms with van der Waals surface area (Å²) >= 11 is 0. The Balaban J connectivity index is 0.889. The molecular formula is C53H66N8O9S. The van der Waals surface area contributed by atoms with Gasteiger partial charge in [-0.1, -0.05) is 38.1 Å². The molecule has 2 saturated heterocycles. The summed E-state index contributed by atoms with van der Waals surface area (Å²) in [5, 5.41) is 30.2. The summed E-state index contributed by atoms with van der Waals surface area (Å²) in [5.41, 5.74) is 3.41. The molecule has 5 N–H and O–H groups in total. The van der Waals surface area contributed by atoms with Crippen LogP contribution in [0.4, 0.5) is 22.9 Å². The first-order chi connectivity index (χ1) is 34.1. The van der Waals surface area contributed by atoms with E-state index in [0.717, 1.165) is 49.6 Å². The topological polar surface area (TPSA) is 214 Å². The summed E-state index contributed by atoms with van der Waals surface area (Å²) < 4.78 is 48.4. The number of nitrogens with zero attached hydrogens (tertiary/aromatic N) is 4. The molecule has 17 nitrogen and oxygen atoms in total. The smallest absolute Gasteiger partial charge is 0.297 e. The molecule has 5 aromatic rings. The first-order valence-electron chi connectivity index (χ1n) is 25.2. The number of H-pyrrole nitrogens is 1. The van der Waals surface area contributed by atoms with Gasteiger partial charge in [0, 0.05) is 74.3 Å². The Labute approximate surface area is 415 Å². The molecule has 0 unspecified atom stereocenters. The van der Waals surface area contributed by atoms with Crippen molar-refractivity contribution in [3.05, 3.63) is 99.7 Å². The predicted octanol–water partition coefficient (Wildman–Crippen LogP) is 9.26. The highest BCUT2D eigenvalue weighted by Gasteiger charge is 2.50. The molecule has 5 aliphatic rings. The van der Waals surface area contributed by atoms with Crippen molar-refractivity contribution in [1.29, 1.82) is 0 Å². The number of methoxy groups -OCH3 is 1. The molecule has 10 rings (SSSR count). The Morgan fingerprint density at radius 1 is 1.01 bits per heavy atom. The molecule has 0 bridgehead atoms. The monoisotopic (exact) mass is 990 g/mol. The van der Waals surface area contributed by atoms with Gasteiger partial charge >= 0.3 is 0 Å². The first-order valence-corrected chi connectivity index (χ1v) is 26.7. The summed E-state index contributed by atoms with van der Waals surface area (Å²) in [7, 11) is -3.11. The molecule has 378 valence electrons. The maximum Gasteiger partial charge on any atom is 0.297 e. The van der Waals surface area contributed by atoms with Gasteiger partial charge in [-0.15, -0.1) is 0 Å². The van der Waals surface area contributed by atoms with Gasteiger partial charge in [0.2, 0.25) is 0 Å². The lowest BCUT2D eigenvalue weighted by molar-refractivity contribution is -0.384. The molecule has 5 heterocycles. The highest BCUT2D eigenvalue weighted by atomic mass is 32.2. The second-order valence-electron chi connectivity index (χ2n) is 21.1. The number of likely N-dealkylation sites (tertiary alicyclic amines) is 1. The van der Waals surface area contributed by atoms with Crippen LogP contribution in [0.15, 0.2) is 77.8 Å². The van der Waals surface area contributed by atoms with Crippen molar-refractivity contribution >= 4 is 49.8 Å². The lowest BCUT2D eigenvalue weighted by atomic mass is 9.59. The second-order valence-corrected chi connectivity index (χ2v) is 22.8. The van der Waals surface area contributed by atoms with Gasteiger partial charge in [0.15, 0.2) is 23.0 Å². The lowest BCUT2D eigenvalue weighted by Crippen LogP contribution is -2.54. The molecule has 0 radical (unpaired) electrons. The van der Waals surface area contributed by atoms with Crippen molar-refractivity contribution < 1.29 is 37.5 Å². The van der Waals surface area contributed by atoms with Gasteiger partial charge in [-0.05, 0) is 130 Å². The van der Waals surface area contributed by atoms with E-state index in [9.17, 15) is 28.4 Å². The van der Waals surface area contributed by atoms with Gasteiger partial charge in [-0.3, -0.25) is 19.8 Å². The van der Waals surface area contributed by atoms with Gasteiger partial charge in [-0.2, -0.15) is 0 Å². The zero-order valence-electron chi connectivity index (χ0n) is 41.0. The number of hydrogen-bond donors (Lipinski definition) is 5. The van der Waals surface area contributed by atoms with E-state index in [-0.39, 0.29) is 46.7 Å². The minimum atomic E-state index is -4.71. The fourth-order valence-corrected chi connectivity index (χ4v) is 13.0. The Hall–Kier alpha value is -5.95. The van der Waals surface area contributed by atoms with Gasteiger partial charge in [0.05, 0.1) is 33.6 Å². The van der Waals surface area contributed by atoms with E-state index >= 15 is 0 Å². The number of rotatable bonds is 15. The average Bonchev–Trinajstić information content (AvgIpc) is 4.02. The fraction of sp³-hybridized carbons (Fsp3) is 0.509. The third-order valence-corrected chi connectivity index (χ3v) is 17.3. The third kappa shape index (κ3) is 10.00. The number of aromatic amines is 1. The van der Waals surface area contributed by atoms with Gasteiger partial charge in [0.25, 0.3) is 21.6 Å². The Bertz CT molecular complexity index is 2900. The molecular weight excluding hydrogens is 925 g/mol. The number of nitro benzene ring substituents is 1. The Kier molecular flexibility index (Phi) is 13.4.